The summed E-state index contributed by atoms with van der Waals surface area (Å²) in [6.45, 7) is 3.30. The predicted octanol–water partition coefficient (Wildman–Crippen LogP) is 2.82. The van der Waals surface area contributed by atoms with Crippen molar-refractivity contribution in [2.75, 3.05) is 0 Å². The monoisotopic (exact) mass is 253 g/mol. The van der Waals surface area contributed by atoms with Crippen molar-refractivity contribution < 1.29 is 4.52 Å². The number of nitrogens with zero attached hydrogens (tertiary/aromatic N) is 2. The van der Waals surface area contributed by atoms with E-state index in [0.29, 0.717) is 6.54 Å². The summed E-state index contributed by atoms with van der Waals surface area (Å²) in [7, 11) is 0. The van der Waals surface area contributed by atoms with Crippen LogP contribution in [0.1, 0.15) is 17.1 Å². The summed E-state index contributed by atoms with van der Waals surface area (Å²) in [5, 5.41) is 8.42. The Kier molecular flexibility index (Phi) is 3.25. The number of fused-ring (bicyclic) bond motifs is 1. The molecular weight excluding hydrogens is 238 g/mol. The highest BCUT2D eigenvalue weighted by atomic mass is 16.5. The zero-order chi connectivity index (χ0) is 13.1. The highest BCUT2D eigenvalue weighted by Crippen LogP contribution is 2.11. The molecule has 0 saturated carbocycles. The third kappa shape index (κ3) is 2.80. The molecule has 0 amide bonds. The van der Waals surface area contributed by atoms with Crippen molar-refractivity contribution in [3.63, 3.8) is 0 Å². The summed E-state index contributed by atoms with van der Waals surface area (Å²) >= 11 is 0. The maximum absolute atomic E-state index is 5.02. The van der Waals surface area contributed by atoms with Gasteiger partial charge in [-0.2, -0.15) is 0 Å². The molecule has 4 nitrogen and oxygen atoms in total. The number of aryl methyl sites for hydroxylation is 1. The molecule has 0 fully saturated rings. The Morgan fingerprint density at radius 2 is 1.89 bits per heavy atom. The molecule has 0 saturated heterocycles. The van der Waals surface area contributed by atoms with Gasteiger partial charge < -0.3 is 9.84 Å². The molecule has 0 aliphatic heterocycles. The molecule has 0 atom stereocenters. The minimum Gasteiger partial charge on any atom is -0.361 e. The summed E-state index contributed by atoms with van der Waals surface area (Å²) in [4.78, 5) is 4.61. The number of hydrogen-bond donors (Lipinski definition) is 1. The van der Waals surface area contributed by atoms with E-state index >= 15 is 0 Å². The fourth-order valence-electron chi connectivity index (χ4n) is 2.03. The first-order chi connectivity index (χ1) is 9.31. The number of nitrogens with one attached hydrogen (secondary N) is 1. The van der Waals surface area contributed by atoms with E-state index in [1.807, 2.05) is 37.3 Å². The zero-order valence-electron chi connectivity index (χ0n) is 10.8. The van der Waals surface area contributed by atoms with Crippen LogP contribution in [0.4, 0.5) is 0 Å². The van der Waals surface area contributed by atoms with Gasteiger partial charge in [0, 0.05) is 24.5 Å². The zero-order valence-corrected chi connectivity index (χ0v) is 10.8. The second-order valence-corrected chi connectivity index (χ2v) is 4.53. The van der Waals surface area contributed by atoms with Gasteiger partial charge >= 0.3 is 0 Å². The average molecular weight is 253 g/mol. The second-order valence-electron chi connectivity index (χ2n) is 4.53. The minimum atomic E-state index is 0.686. The molecular formula is C15H15N3O. The summed E-state index contributed by atoms with van der Waals surface area (Å²) in [5.41, 5.74) is 2.97. The lowest BCUT2D eigenvalue weighted by Crippen LogP contribution is -2.13. The SMILES string of the molecule is Cc1cc(CNCc2ccc3ccccc3n2)no1. The van der Waals surface area contributed by atoms with Crippen LogP contribution in [-0.4, -0.2) is 10.1 Å². The van der Waals surface area contributed by atoms with Crippen molar-refractivity contribution in [3.05, 3.63) is 59.6 Å². The Morgan fingerprint density at radius 3 is 2.74 bits per heavy atom. The van der Waals surface area contributed by atoms with E-state index in [0.717, 1.165) is 29.2 Å². The molecule has 1 N–H and O–H groups in total. The van der Waals surface area contributed by atoms with E-state index in [-0.39, 0.29) is 0 Å². The van der Waals surface area contributed by atoms with Gasteiger partial charge in [0.25, 0.3) is 0 Å². The van der Waals surface area contributed by atoms with Crippen LogP contribution in [0.15, 0.2) is 47.0 Å². The van der Waals surface area contributed by atoms with Gasteiger partial charge in [-0.3, -0.25) is 4.98 Å². The van der Waals surface area contributed by atoms with Crippen LogP contribution in [0.2, 0.25) is 0 Å². The molecule has 4 heteroatoms. The Balaban J connectivity index is 1.65. The average Bonchev–Trinajstić information content (AvgIpc) is 2.84. The van der Waals surface area contributed by atoms with E-state index in [9.17, 15) is 0 Å². The number of para-hydroxylation sites is 1. The molecule has 19 heavy (non-hydrogen) atoms. The van der Waals surface area contributed by atoms with Crippen molar-refractivity contribution >= 4 is 10.9 Å². The summed E-state index contributed by atoms with van der Waals surface area (Å²) in [6.07, 6.45) is 0. The molecule has 2 heterocycles. The smallest absolute Gasteiger partial charge is 0.133 e. The Bertz CT molecular complexity index is 690. The van der Waals surface area contributed by atoms with Gasteiger partial charge in [-0.15, -0.1) is 0 Å². The van der Waals surface area contributed by atoms with Crippen molar-refractivity contribution in [1.29, 1.82) is 0 Å². The highest BCUT2D eigenvalue weighted by molar-refractivity contribution is 5.78. The van der Waals surface area contributed by atoms with Gasteiger partial charge in [-0.1, -0.05) is 29.4 Å². The number of aromatic nitrogens is 2. The number of hydrogen-bond acceptors (Lipinski definition) is 4. The van der Waals surface area contributed by atoms with Gasteiger partial charge in [-0.25, -0.2) is 0 Å². The van der Waals surface area contributed by atoms with Crippen LogP contribution in [-0.2, 0) is 13.1 Å². The van der Waals surface area contributed by atoms with E-state index in [4.69, 9.17) is 4.52 Å². The first-order valence-electron chi connectivity index (χ1n) is 6.29. The van der Waals surface area contributed by atoms with Crippen LogP contribution in [0.3, 0.4) is 0 Å². The largest absolute Gasteiger partial charge is 0.361 e. The fourth-order valence-corrected chi connectivity index (χ4v) is 2.03. The second kappa shape index (κ2) is 5.20. The first kappa shape index (κ1) is 11.9. The van der Waals surface area contributed by atoms with E-state index in [2.05, 4.69) is 27.6 Å². The molecule has 0 aliphatic rings. The fraction of sp³-hybridized carbons (Fsp3) is 0.200. The molecule has 3 rings (SSSR count). The topological polar surface area (TPSA) is 51.0 Å². The van der Waals surface area contributed by atoms with E-state index in [1.54, 1.807) is 0 Å². The molecule has 96 valence electrons. The molecule has 0 radical (unpaired) electrons. The van der Waals surface area contributed by atoms with E-state index < -0.39 is 0 Å². The number of pyridine rings is 1. The molecule has 3 aromatic rings. The van der Waals surface area contributed by atoms with Gasteiger partial charge in [-0.05, 0) is 19.1 Å². The van der Waals surface area contributed by atoms with Gasteiger partial charge in [0.05, 0.1) is 16.9 Å². The summed E-state index contributed by atoms with van der Waals surface area (Å²) in [5.74, 6) is 0.834. The maximum Gasteiger partial charge on any atom is 0.133 e. The lowest BCUT2D eigenvalue weighted by molar-refractivity contribution is 0.388. The van der Waals surface area contributed by atoms with E-state index in [1.165, 1.54) is 5.39 Å². The Labute approximate surface area is 111 Å². The quantitative estimate of drug-likeness (QED) is 0.776. The van der Waals surface area contributed by atoms with Crippen molar-refractivity contribution in [3.8, 4) is 0 Å². The molecule has 1 aromatic carbocycles. The predicted molar refractivity (Wildman–Crippen MR) is 73.5 cm³/mol. The molecule has 0 unspecified atom stereocenters. The number of benzene rings is 1. The molecule has 2 aromatic heterocycles. The van der Waals surface area contributed by atoms with Crippen LogP contribution in [0, 0.1) is 6.92 Å². The normalized spacial score (nSPS) is 11.0. The van der Waals surface area contributed by atoms with Gasteiger partial charge in [0.2, 0.25) is 0 Å². The Hall–Kier alpha value is -2.20. The van der Waals surface area contributed by atoms with Crippen LogP contribution in [0.5, 0.6) is 0 Å². The van der Waals surface area contributed by atoms with Crippen molar-refractivity contribution in [2.45, 2.75) is 20.0 Å². The van der Waals surface area contributed by atoms with Gasteiger partial charge in [0.1, 0.15) is 5.76 Å². The third-order valence-corrected chi connectivity index (χ3v) is 2.95. The highest BCUT2D eigenvalue weighted by Gasteiger charge is 2.01. The molecule has 0 aliphatic carbocycles. The van der Waals surface area contributed by atoms with Crippen LogP contribution in [0.25, 0.3) is 10.9 Å². The standard InChI is InChI=1S/C15H15N3O/c1-11-8-14(18-19-11)10-16-9-13-7-6-12-4-2-3-5-15(12)17-13/h2-8,16H,9-10H2,1H3. The van der Waals surface area contributed by atoms with Crippen molar-refractivity contribution in [1.82, 2.24) is 15.5 Å². The lowest BCUT2D eigenvalue weighted by atomic mass is 10.2. The first-order valence-corrected chi connectivity index (χ1v) is 6.29. The summed E-state index contributed by atoms with van der Waals surface area (Å²) < 4.78 is 5.02. The minimum absolute atomic E-state index is 0.686. The number of rotatable bonds is 4. The molecule has 0 bridgehead atoms. The van der Waals surface area contributed by atoms with Gasteiger partial charge in [0.15, 0.2) is 0 Å². The Morgan fingerprint density at radius 1 is 1.05 bits per heavy atom. The molecule has 0 spiro atoms. The maximum atomic E-state index is 5.02. The third-order valence-electron chi connectivity index (χ3n) is 2.95. The van der Waals surface area contributed by atoms with Crippen LogP contribution < -0.4 is 5.32 Å². The van der Waals surface area contributed by atoms with Crippen LogP contribution >= 0.6 is 0 Å². The summed E-state index contributed by atoms with van der Waals surface area (Å²) in [6, 6.07) is 14.2. The van der Waals surface area contributed by atoms with Crippen molar-refractivity contribution in [2.24, 2.45) is 0 Å². The lowest BCUT2D eigenvalue weighted by Gasteiger charge is -2.03.